The van der Waals surface area contributed by atoms with Crippen molar-refractivity contribution in [3.8, 4) is 11.1 Å². The molecular weight excluding hydrogens is 202 g/mol. The van der Waals surface area contributed by atoms with Crippen LogP contribution in [0.15, 0.2) is 54.6 Å². The summed E-state index contributed by atoms with van der Waals surface area (Å²) in [4.78, 5) is 10.0. The van der Waals surface area contributed by atoms with Crippen LogP contribution in [0, 0.1) is 10.1 Å². The second kappa shape index (κ2) is 4.57. The van der Waals surface area contributed by atoms with Crippen LogP contribution in [0.1, 0.15) is 5.56 Å². The van der Waals surface area contributed by atoms with Crippen molar-refractivity contribution in [2.75, 3.05) is 0 Å². The van der Waals surface area contributed by atoms with Gasteiger partial charge in [0.25, 0.3) is 0 Å². The molecule has 0 amide bonds. The zero-order chi connectivity index (χ0) is 11.4. The predicted octanol–water partition coefficient (Wildman–Crippen LogP) is 3.13. The molecule has 0 bridgehead atoms. The Morgan fingerprint density at radius 3 is 2.00 bits per heavy atom. The first-order chi connectivity index (χ1) is 7.75. The molecule has 0 saturated heterocycles. The van der Waals surface area contributed by atoms with Crippen LogP contribution in [0.2, 0.25) is 0 Å². The minimum Gasteiger partial charge on any atom is -0.264 e. The van der Waals surface area contributed by atoms with E-state index in [-0.39, 0.29) is 11.5 Å². The van der Waals surface area contributed by atoms with Crippen molar-refractivity contribution in [3.63, 3.8) is 0 Å². The summed E-state index contributed by atoms with van der Waals surface area (Å²) in [7, 11) is 0. The molecule has 0 aliphatic heterocycles. The molecule has 0 saturated carbocycles. The molecule has 2 rings (SSSR count). The van der Waals surface area contributed by atoms with Crippen LogP contribution in [0.4, 0.5) is 0 Å². The van der Waals surface area contributed by atoms with Gasteiger partial charge in [-0.3, -0.25) is 10.1 Å². The molecule has 0 radical (unpaired) electrons. The largest absolute Gasteiger partial charge is 0.264 e. The second-order valence-electron chi connectivity index (χ2n) is 3.55. The lowest BCUT2D eigenvalue weighted by Gasteiger charge is -2.01. The van der Waals surface area contributed by atoms with Crippen LogP contribution in [-0.4, -0.2) is 4.92 Å². The quantitative estimate of drug-likeness (QED) is 0.580. The summed E-state index contributed by atoms with van der Waals surface area (Å²) < 4.78 is 0. The van der Waals surface area contributed by atoms with Gasteiger partial charge < -0.3 is 0 Å². The number of hydrogen-bond acceptors (Lipinski definition) is 2. The second-order valence-corrected chi connectivity index (χ2v) is 3.55. The van der Waals surface area contributed by atoms with Gasteiger partial charge in [-0.05, 0) is 11.1 Å². The van der Waals surface area contributed by atoms with Crippen LogP contribution in [0.25, 0.3) is 11.1 Å². The molecule has 16 heavy (non-hydrogen) atoms. The van der Waals surface area contributed by atoms with E-state index in [0.29, 0.717) is 0 Å². The normalized spacial score (nSPS) is 10.0. The minimum absolute atomic E-state index is 0.116. The van der Waals surface area contributed by atoms with Crippen LogP contribution in [0.3, 0.4) is 0 Å². The van der Waals surface area contributed by atoms with Gasteiger partial charge in [-0.1, -0.05) is 54.6 Å². The minimum atomic E-state index is -0.322. The zero-order valence-electron chi connectivity index (χ0n) is 8.67. The third kappa shape index (κ3) is 2.45. The number of rotatable bonds is 3. The van der Waals surface area contributed by atoms with Gasteiger partial charge in [-0.25, -0.2) is 0 Å². The molecule has 2 aromatic carbocycles. The van der Waals surface area contributed by atoms with Crippen molar-refractivity contribution >= 4 is 0 Å². The predicted molar refractivity (Wildman–Crippen MR) is 62.6 cm³/mol. The first-order valence-electron chi connectivity index (χ1n) is 5.02. The molecule has 0 N–H and O–H groups in total. The fourth-order valence-corrected chi connectivity index (χ4v) is 1.58. The molecule has 2 aromatic rings. The van der Waals surface area contributed by atoms with Crippen molar-refractivity contribution in [1.82, 2.24) is 0 Å². The Morgan fingerprint density at radius 1 is 0.875 bits per heavy atom. The first-order valence-corrected chi connectivity index (χ1v) is 5.02. The van der Waals surface area contributed by atoms with E-state index in [9.17, 15) is 10.1 Å². The molecule has 0 fully saturated rings. The van der Waals surface area contributed by atoms with Gasteiger partial charge in [0.05, 0.1) is 0 Å². The van der Waals surface area contributed by atoms with E-state index in [0.717, 1.165) is 16.7 Å². The van der Waals surface area contributed by atoms with E-state index in [4.69, 9.17) is 0 Å². The molecule has 0 aliphatic carbocycles. The highest BCUT2D eigenvalue weighted by Gasteiger charge is 2.01. The number of hydrogen-bond donors (Lipinski definition) is 0. The van der Waals surface area contributed by atoms with Crippen LogP contribution < -0.4 is 0 Å². The maximum atomic E-state index is 10.3. The van der Waals surface area contributed by atoms with E-state index in [1.807, 2.05) is 42.5 Å². The van der Waals surface area contributed by atoms with Crippen LogP contribution >= 0.6 is 0 Å². The van der Waals surface area contributed by atoms with Crippen molar-refractivity contribution in [1.29, 1.82) is 0 Å². The van der Waals surface area contributed by atoms with Crippen molar-refractivity contribution in [3.05, 3.63) is 70.3 Å². The molecule has 0 aromatic heterocycles. The molecule has 0 atom stereocenters. The third-order valence-electron chi connectivity index (χ3n) is 2.37. The average Bonchev–Trinajstić information content (AvgIpc) is 2.30. The molecule has 0 heterocycles. The molecule has 80 valence electrons. The molecular formula is C13H11NO2. The summed E-state index contributed by atoms with van der Waals surface area (Å²) in [5.41, 5.74) is 2.92. The van der Waals surface area contributed by atoms with Gasteiger partial charge in [0.1, 0.15) is 0 Å². The molecule has 3 heteroatoms. The summed E-state index contributed by atoms with van der Waals surface area (Å²) in [5.74, 6) is 0. The van der Waals surface area contributed by atoms with Gasteiger partial charge in [0, 0.05) is 10.5 Å². The van der Waals surface area contributed by atoms with Gasteiger partial charge in [0.15, 0.2) is 0 Å². The average molecular weight is 213 g/mol. The van der Waals surface area contributed by atoms with Crippen molar-refractivity contribution in [2.45, 2.75) is 6.54 Å². The SMILES string of the molecule is O=[N+]([O-])Cc1ccc(-c2ccccc2)cc1. The van der Waals surface area contributed by atoms with Crippen molar-refractivity contribution in [2.24, 2.45) is 0 Å². The molecule has 0 unspecified atom stereocenters. The van der Waals surface area contributed by atoms with Gasteiger partial charge in [-0.15, -0.1) is 0 Å². The topological polar surface area (TPSA) is 43.1 Å². The van der Waals surface area contributed by atoms with E-state index in [1.54, 1.807) is 12.1 Å². The Labute approximate surface area is 93.5 Å². The lowest BCUT2D eigenvalue weighted by atomic mass is 10.0. The number of nitrogens with zero attached hydrogens (tertiary/aromatic N) is 1. The highest BCUT2D eigenvalue weighted by Crippen LogP contribution is 2.19. The smallest absolute Gasteiger partial charge is 0.228 e. The van der Waals surface area contributed by atoms with Crippen LogP contribution in [-0.2, 0) is 6.54 Å². The van der Waals surface area contributed by atoms with E-state index < -0.39 is 0 Å². The summed E-state index contributed by atoms with van der Waals surface area (Å²) in [6.45, 7) is -0.116. The summed E-state index contributed by atoms with van der Waals surface area (Å²) in [6.07, 6.45) is 0. The van der Waals surface area contributed by atoms with E-state index in [2.05, 4.69) is 0 Å². The fourth-order valence-electron chi connectivity index (χ4n) is 1.58. The maximum absolute atomic E-state index is 10.3. The standard InChI is InChI=1S/C13H11NO2/c15-14(16)10-11-6-8-13(9-7-11)12-4-2-1-3-5-12/h1-9H,10H2. The molecule has 0 aliphatic rings. The monoisotopic (exact) mass is 213 g/mol. The lowest BCUT2D eigenvalue weighted by Crippen LogP contribution is -1.97. The number of nitro groups is 1. The maximum Gasteiger partial charge on any atom is 0.228 e. The lowest BCUT2D eigenvalue weighted by molar-refractivity contribution is -0.496. The number of benzene rings is 2. The Balaban J connectivity index is 2.23. The molecule has 3 nitrogen and oxygen atoms in total. The van der Waals surface area contributed by atoms with Gasteiger partial charge in [-0.2, -0.15) is 0 Å². The van der Waals surface area contributed by atoms with Crippen LogP contribution in [0.5, 0.6) is 0 Å². The van der Waals surface area contributed by atoms with E-state index >= 15 is 0 Å². The highest BCUT2D eigenvalue weighted by atomic mass is 16.6. The Hall–Kier alpha value is -2.16. The van der Waals surface area contributed by atoms with Gasteiger partial charge >= 0.3 is 0 Å². The third-order valence-corrected chi connectivity index (χ3v) is 2.37. The van der Waals surface area contributed by atoms with Gasteiger partial charge in [0.2, 0.25) is 6.54 Å². The fraction of sp³-hybridized carbons (Fsp3) is 0.0769. The van der Waals surface area contributed by atoms with E-state index in [1.165, 1.54) is 0 Å². The Bertz CT molecular complexity index is 477. The first kappa shape index (κ1) is 10.4. The molecule has 0 spiro atoms. The van der Waals surface area contributed by atoms with Crippen molar-refractivity contribution < 1.29 is 4.92 Å². The summed E-state index contributed by atoms with van der Waals surface area (Å²) in [6, 6.07) is 17.4. The highest BCUT2D eigenvalue weighted by molar-refractivity contribution is 5.63. The Morgan fingerprint density at radius 2 is 1.44 bits per heavy atom. The zero-order valence-corrected chi connectivity index (χ0v) is 8.67. The summed E-state index contributed by atoms with van der Waals surface area (Å²) >= 11 is 0. The Kier molecular flexibility index (Phi) is 2.96. The summed E-state index contributed by atoms with van der Waals surface area (Å²) in [5, 5.41) is 10.3.